The molecule has 0 aromatic carbocycles. The van der Waals surface area contributed by atoms with Crippen LogP contribution in [0.4, 0.5) is 0 Å². The van der Waals surface area contributed by atoms with E-state index >= 15 is 0 Å². The van der Waals surface area contributed by atoms with Gasteiger partial charge in [-0.1, -0.05) is 0 Å². The van der Waals surface area contributed by atoms with E-state index in [4.69, 9.17) is 5.11 Å². The van der Waals surface area contributed by atoms with Gasteiger partial charge in [0.2, 0.25) is 5.91 Å². The Morgan fingerprint density at radius 2 is 2.17 bits per heavy atom. The molecule has 5 nitrogen and oxygen atoms in total. The number of carbonyl (C=O) groups excluding carboxylic acids is 1. The summed E-state index contributed by atoms with van der Waals surface area (Å²) in [5, 5.41) is 11.7. The minimum Gasteiger partial charge on any atom is -0.481 e. The second-order valence-electron chi connectivity index (χ2n) is 4.55. The summed E-state index contributed by atoms with van der Waals surface area (Å²) in [7, 11) is 0. The molecule has 18 heavy (non-hydrogen) atoms. The molecule has 1 fully saturated rings. The van der Waals surface area contributed by atoms with Crippen molar-refractivity contribution < 1.29 is 14.7 Å². The molecule has 6 heteroatoms. The van der Waals surface area contributed by atoms with Gasteiger partial charge in [0.05, 0.1) is 12.3 Å². The third-order valence-corrected chi connectivity index (χ3v) is 4.13. The van der Waals surface area contributed by atoms with Crippen molar-refractivity contribution in [3.63, 3.8) is 0 Å². The lowest BCUT2D eigenvalue weighted by molar-refractivity contribution is -0.145. The predicted octanol–water partition coefficient (Wildman–Crippen LogP) is 1.32. The van der Waals surface area contributed by atoms with E-state index in [0.29, 0.717) is 32.4 Å². The number of hydrogen-bond acceptors (Lipinski definition) is 4. The highest BCUT2D eigenvalue weighted by molar-refractivity contribution is 7.09. The maximum Gasteiger partial charge on any atom is 0.306 e. The van der Waals surface area contributed by atoms with Crippen LogP contribution >= 0.6 is 11.3 Å². The van der Waals surface area contributed by atoms with Gasteiger partial charge in [0.1, 0.15) is 5.01 Å². The highest BCUT2D eigenvalue weighted by atomic mass is 32.1. The first kappa shape index (κ1) is 13.0. The minimum atomic E-state index is -0.752. The molecule has 0 aliphatic carbocycles. The van der Waals surface area contributed by atoms with Crippen molar-refractivity contribution >= 4 is 23.2 Å². The van der Waals surface area contributed by atoms with Gasteiger partial charge in [0.25, 0.3) is 0 Å². The zero-order chi connectivity index (χ0) is 13.1. The second-order valence-corrected chi connectivity index (χ2v) is 5.50. The van der Waals surface area contributed by atoms with Crippen molar-refractivity contribution in [3.8, 4) is 0 Å². The number of aliphatic carboxylic acids is 1. The van der Waals surface area contributed by atoms with Crippen molar-refractivity contribution in [2.75, 3.05) is 13.1 Å². The van der Waals surface area contributed by atoms with Gasteiger partial charge in [-0.15, -0.1) is 11.3 Å². The van der Waals surface area contributed by atoms with E-state index in [1.165, 1.54) is 11.3 Å². The van der Waals surface area contributed by atoms with Crippen LogP contribution in [0, 0.1) is 12.8 Å². The molecule has 0 bridgehead atoms. The lowest BCUT2D eigenvalue weighted by Crippen LogP contribution is -2.40. The Kier molecular flexibility index (Phi) is 3.96. The lowest BCUT2D eigenvalue weighted by Gasteiger charge is -2.29. The fourth-order valence-electron chi connectivity index (χ4n) is 2.10. The number of nitrogens with zero attached hydrogens (tertiary/aromatic N) is 2. The molecule has 98 valence electrons. The van der Waals surface area contributed by atoms with Crippen LogP contribution in [-0.2, 0) is 16.0 Å². The van der Waals surface area contributed by atoms with Gasteiger partial charge >= 0.3 is 5.97 Å². The van der Waals surface area contributed by atoms with E-state index in [0.717, 1.165) is 10.7 Å². The van der Waals surface area contributed by atoms with Crippen LogP contribution in [-0.4, -0.2) is 40.0 Å². The molecule has 2 heterocycles. The number of rotatable bonds is 3. The van der Waals surface area contributed by atoms with E-state index in [1.807, 2.05) is 12.3 Å². The number of piperidine rings is 1. The fraction of sp³-hybridized carbons (Fsp3) is 0.583. The minimum absolute atomic E-state index is 0.0492. The summed E-state index contributed by atoms with van der Waals surface area (Å²) < 4.78 is 0. The topological polar surface area (TPSA) is 70.5 Å². The Morgan fingerprint density at radius 1 is 1.50 bits per heavy atom. The molecule has 0 unspecified atom stereocenters. The summed E-state index contributed by atoms with van der Waals surface area (Å²) >= 11 is 1.49. The lowest BCUT2D eigenvalue weighted by atomic mass is 9.97. The van der Waals surface area contributed by atoms with Crippen LogP contribution in [0.5, 0.6) is 0 Å². The number of aromatic nitrogens is 1. The fourth-order valence-corrected chi connectivity index (χ4v) is 2.86. The third-order valence-electron chi connectivity index (χ3n) is 3.17. The average molecular weight is 268 g/mol. The Labute approximate surface area is 109 Å². The van der Waals surface area contributed by atoms with Gasteiger partial charge < -0.3 is 10.0 Å². The number of amides is 1. The monoisotopic (exact) mass is 268 g/mol. The zero-order valence-electron chi connectivity index (χ0n) is 10.3. The molecule has 1 N–H and O–H groups in total. The van der Waals surface area contributed by atoms with E-state index in [2.05, 4.69) is 4.98 Å². The van der Waals surface area contributed by atoms with Crippen molar-refractivity contribution in [3.05, 3.63) is 16.1 Å². The number of carboxylic acids is 1. The number of likely N-dealkylation sites (tertiary alicyclic amines) is 1. The highest BCUT2D eigenvalue weighted by Gasteiger charge is 2.27. The zero-order valence-corrected chi connectivity index (χ0v) is 11.1. The van der Waals surface area contributed by atoms with E-state index in [9.17, 15) is 9.59 Å². The molecule has 1 saturated heterocycles. The number of carbonyl (C=O) groups is 2. The molecular formula is C12H16N2O3S. The number of hydrogen-bond donors (Lipinski definition) is 1. The van der Waals surface area contributed by atoms with Crippen molar-refractivity contribution in [1.82, 2.24) is 9.88 Å². The van der Waals surface area contributed by atoms with Gasteiger partial charge in [-0.2, -0.15) is 0 Å². The van der Waals surface area contributed by atoms with Crippen LogP contribution in [0.1, 0.15) is 23.5 Å². The summed E-state index contributed by atoms with van der Waals surface area (Å²) in [6, 6.07) is 0. The molecule has 1 aliphatic heterocycles. The maximum atomic E-state index is 12.0. The van der Waals surface area contributed by atoms with E-state index < -0.39 is 5.97 Å². The smallest absolute Gasteiger partial charge is 0.306 e. The van der Waals surface area contributed by atoms with Crippen LogP contribution in [0.15, 0.2) is 5.38 Å². The van der Waals surface area contributed by atoms with Crippen molar-refractivity contribution in [2.45, 2.75) is 26.2 Å². The largest absolute Gasteiger partial charge is 0.481 e. The quantitative estimate of drug-likeness (QED) is 0.897. The van der Waals surface area contributed by atoms with Crippen LogP contribution in [0.2, 0.25) is 0 Å². The Hall–Kier alpha value is -1.43. The van der Waals surface area contributed by atoms with Gasteiger partial charge in [-0.25, -0.2) is 4.98 Å². The molecule has 1 aliphatic rings. The average Bonchev–Trinajstić information content (AvgIpc) is 2.75. The predicted molar refractivity (Wildman–Crippen MR) is 67.5 cm³/mol. The van der Waals surface area contributed by atoms with Crippen molar-refractivity contribution in [1.29, 1.82) is 0 Å². The number of thiazole rings is 1. The normalized spacial score (nSPS) is 16.8. The van der Waals surface area contributed by atoms with Gasteiger partial charge in [-0.3, -0.25) is 9.59 Å². The summed E-state index contributed by atoms with van der Waals surface area (Å²) in [4.78, 5) is 28.8. The Balaban J connectivity index is 1.86. The maximum absolute atomic E-state index is 12.0. The summed E-state index contributed by atoms with van der Waals surface area (Å²) in [5.74, 6) is -0.998. The molecule has 1 aromatic heterocycles. The van der Waals surface area contributed by atoms with Gasteiger partial charge in [0.15, 0.2) is 0 Å². The highest BCUT2D eigenvalue weighted by Crippen LogP contribution is 2.18. The van der Waals surface area contributed by atoms with Gasteiger partial charge in [0, 0.05) is 24.2 Å². The number of carboxylic acid groups (broad SMARTS) is 1. The van der Waals surface area contributed by atoms with E-state index in [-0.39, 0.29) is 11.8 Å². The third kappa shape index (κ3) is 3.07. The molecule has 0 atom stereocenters. The van der Waals surface area contributed by atoms with Crippen molar-refractivity contribution in [2.24, 2.45) is 5.92 Å². The first-order valence-electron chi connectivity index (χ1n) is 5.98. The summed E-state index contributed by atoms with van der Waals surface area (Å²) in [6.45, 7) is 2.99. The van der Waals surface area contributed by atoms with Crippen LogP contribution in [0.25, 0.3) is 0 Å². The van der Waals surface area contributed by atoms with Gasteiger partial charge in [-0.05, 0) is 19.8 Å². The molecule has 0 spiro atoms. The summed E-state index contributed by atoms with van der Waals surface area (Å²) in [6.07, 6.45) is 1.44. The standard InChI is InChI=1S/C12H16N2O3S/c1-8-7-18-10(13-8)6-11(15)14-4-2-9(3-5-14)12(16)17/h7,9H,2-6H2,1H3,(H,16,17). The first-order valence-corrected chi connectivity index (χ1v) is 6.86. The molecular weight excluding hydrogens is 252 g/mol. The molecule has 1 aromatic rings. The van der Waals surface area contributed by atoms with Crippen LogP contribution in [0.3, 0.4) is 0 Å². The molecule has 1 amide bonds. The SMILES string of the molecule is Cc1csc(CC(=O)N2CCC(C(=O)O)CC2)n1. The summed E-state index contributed by atoms with van der Waals surface area (Å²) in [5.41, 5.74) is 0.937. The number of aryl methyl sites for hydroxylation is 1. The molecule has 2 rings (SSSR count). The molecule has 0 radical (unpaired) electrons. The Morgan fingerprint density at radius 3 is 2.67 bits per heavy atom. The van der Waals surface area contributed by atoms with E-state index in [1.54, 1.807) is 4.90 Å². The van der Waals surface area contributed by atoms with Crippen LogP contribution < -0.4 is 0 Å². The second kappa shape index (κ2) is 5.48. The molecule has 0 saturated carbocycles. The Bertz CT molecular complexity index is 450. The first-order chi connectivity index (χ1) is 8.56.